The quantitative estimate of drug-likeness (QED) is 0.609. The van der Waals surface area contributed by atoms with Crippen LogP contribution in [-0.2, 0) is 9.53 Å². The monoisotopic (exact) mass is 478 g/mol. The van der Waals surface area contributed by atoms with Crippen molar-refractivity contribution in [2.75, 3.05) is 26.3 Å². The highest BCUT2D eigenvalue weighted by atomic mass is 19.4. The molecule has 180 valence electrons. The maximum atomic E-state index is 12.8. The predicted octanol–water partition coefficient (Wildman–Crippen LogP) is 3.77. The van der Waals surface area contributed by atoms with Crippen LogP contribution in [0.3, 0.4) is 0 Å². The Kier molecular flexibility index (Phi) is 6.47. The SMILES string of the molecule is O=C(O)C(F)(F)F.O=C(c1cc2ccccc2o1)N1CC2(C1)OCCC2COc1cccnc1. The van der Waals surface area contributed by atoms with Gasteiger partial charge in [0.15, 0.2) is 5.76 Å². The molecule has 5 rings (SSSR count). The van der Waals surface area contributed by atoms with Gasteiger partial charge in [0.25, 0.3) is 5.91 Å². The fourth-order valence-corrected chi connectivity index (χ4v) is 3.99. The third-order valence-electron chi connectivity index (χ3n) is 5.77. The van der Waals surface area contributed by atoms with Crippen LogP contribution in [0.2, 0.25) is 0 Å². The van der Waals surface area contributed by atoms with Crippen LogP contribution in [0.1, 0.15) is 17.0 Å². The third-order valence-corrected chi connectivity index (χ3v) is 5.77. The molecule has 1 unspecified atom stereocenters. The number of aromatic nitrogens is 1. The molecule has 0 bridgehead atoms. The number of hydrogen-bond donors (Lipinski definition) is 1. The van der Waals surface area contributed by atoms with E-state index in [1.165, 1.54) is 0 Å². The molecule has 2 aromatic heterocycles. The summed E-state index contributed by atoms with van der Waals surface area (Å²) in [4.78, 5) is 27.5. The van der Waals surface area contributed by atoms with Gasteiger partial charge in [-0.3, -0.25) is 9.78 Å². The lowest BCUT2D eigenvalue weighted by Gasteiger charge is -2.49. The normalized spacial score (nSPS) is 18.8. The summed E-state index contributed by atoms with van der Waals surface area (Å²) in [6.07, 6.45) is -0.714. The number of benzene rings is 1. The average molecular weight is 478 g/mol. The van der Waals surface area contributed by atoms with Crippen molar-refractivity contribution in [2.24, 2.45) is 5.92 Å². The summed E-state index contributed by atoms with van der Waals surface area (Å²) < 4.78 is 49.4. The number of para-hydroxylation sites is 1. The van der Waals surface area contributed by atoms with E-state index in [4.69, 9.17) is 23.8 Å². The van der Waals surface area contributed by atoms with Gasteiger partial charge in [0.2, 0.25) is 0 Å². The number of carboxylic acid groups (broad SMARTS) is 1. The number of hydrogen-bond acceptors (Lipinski definition) is 6. The van der Waals surface area contributed by atoms with Crippen LogP contribution < -0.4 is 4.74 Å². The lowest BCUT2D eigenvalue weighted by molar-refractivity contribution is -0.192. The van der Waals surface area contributed by atoms with Crippen molar-refractivity contribution >= 4 is 22.8 Å². The summed E-state index contributed by atoms with van der Waals surface area (Å²) in [5.41, 5.74) is 0.431. The molecular weight excluding hydrogens is 457 g/mol. The van der Waals surface area contributed by atoms with Crippen LogP contribution in [0.4, 0.5) is 13.2 Å². The van der Waals surface area contributed by atoms with Gasteiger partial charge in [0.1, 0.15) is 16.9 Å². The maximum absolute atomic E-state index is 12.8. The Morgan fingerprint density at radius 3 is 2.59 bits per heavy atom. The number of carbonyl (C=O) groups excluding carboxylic acids is 1. The lowest BCUT2D eigenvalue weighted by atomic mass is 9.81. The Hall–Kier alpha value is -3.60. The highest BCUT2D eigenvalue weighted by Crippen LogP contribution is 2.41. The summed E-state index contributed by atoms with van der Waals surface area (Å²) in [7, 11) is 0. The van der Waals surface area contributed by atoms with Gasteiger partial charge < -0.3 is 23.9 Å². The first-order valence-electron chi connectivity index (χ1n) is 10.4. The molecule has 2 aliphatic rings. The third kappa shape index (κ3) is 4.98. The first-order chi connectivity index (χ1) is 16.2. The molecular formula is C23H21F3N2O6. The van der Waals surface area contributed by atoms with Crippen LogP contribution in [0.15, 0.2) is 59.3 Å². The molecule has 1 aromatic carbocycles. The first kappa shape index (κ1) is 23.6. The predicted molar refractivity (Wildman–Crippen MR) is 112 cm³/mol. The minimum atomic E-state index is -5.08. The number of nitrogens with zero attached hydrogens (tertiary/aromatic N) is 2. The number of aliphatic carboxylic acids is 1. The Labute approximate surface area is 191 Å². The van der Waals surface area contributed by atoms with Crippen molar-refractivity contribution in [2.45, 2.75) is 18.2 Å². The molecule has 2 fully saturated rings. The summed E-state index contributed by atoms with van der Waals surface area (Å²) in [6.45, 7) is 2.42. The number of amides is 1. The smallest absolute Gasteiger partial charge is 0.490 e. The van der Waals surface area contributed by atoms with Crippen molar-refractivity contribution in [1.82, 2.24) is 9.88 Å². The number of carboxylic acids is 1. The standard InChI is InChI=1S/C21H20N2O4.C2HF3O2/c24-20(19-10-15-4-1-2-6-18(15)27-19)23-13-21(14-23)16(7-9-26-21)12-25-17-5-3-8-22-11-17;3-2(4,5)1(6)7/h1-6,8,10-11,16H,7,9,12-14H2;(H,6,7). The molecule has 0 radical (unpaired) electrons. The van der Waals surface area contributed by atoms with Crippen LogP contribution >= 0.6 is 0 Å². The molecule has 2 aliphatic heterocycles. The lowest BCUT2D eigenvalue weighted by Crippen LogP contribution is -2.66. The molecule has 0 aliphatic carbocycles. The molecule has 1 atom stereocenters. The van der Waals surface area contributed by atoms with Crippen LogP contribution in [0.5, 0.6) is 5.75 Å². The number of likely N-dealkylation sites (tertiary alicyclic amines) is 1. The number of fused-ring (bicyclic) bond motifs is 1. The van der Waals surface area contributed by atoms with Crippen molar-refractivity contribution < 1.29 is 41.8 Å². The minimum absolute atomic E-state index is 0.0840. The molecule has 0 saturated carbocycles. The molecule has 4 heterocycles. The first-order valence-corrected chi connectivity index (χ1v) is 10.4. The van der Waals surface area contributed by atoms with Crippen LogP contribution in [0, 0.1) is 5.92 Å². The summed E-state index contributed by atoms with van der Waals surface area (Å²) in [5.74, 6) is -1.44. The average Bonchev–Trinajstić information content (AvgIpc) is 3.41. The minimum Gasteiger partial charge on any atom is -0.492 e. The van der Waals surface area contributed by atoms with Crippen LogP contribution in [0.25, 0.3) is 11.0 Å². The largest absolute Gasteiger partial charge is 0.492 e. The Morgan fingerprint density at radius 1 is 1.21 bits per heavy atom. The molecule has 11 heteroatoms. The Balaban J connectivity index is 0.000000344. The number of ether oxygens (including phenoxy) is 2. The fourth-order valence-electron chi connectivity index (χ4n) is 3.99. The summed E-state index contributed by atoms with van der Waals surface area (Å²) in [6, 6.07) is 13.2. The molecule has 8 nitrogen and oxygen atoms in total. The number of carbonyl (C=O) groups is 2. The van der Waals surface area contributed by atoms with E-state index in [0.29, 0.717) is 32.1 Å². The Morgan fingerprint density at radius 2 is 1.94 bits per heavy atom. The zero-order valence-electron chi connectivity index (χ0n) is 17.8. The summed E-state index contributed by atoms with van der Waals surface area (Å²) in [5, 5.41) is 8.07. The second kappa shape index (κ2) is 9.34. The van der Waals surface area contributed by atoms with Gasteiger partial charge in [-0.1, -0.05) is 18.2 Å². The van der Waals surface area contributed by atoms with E-state index in [1.54, 1.807) is 23.4 Å². The van der Waals surface area contributed by atoms with Crippen molar-refractivity contribution in [3.63, 3.8) is 0 Å². The number of halogens is 3. The number of pyridine rings is 1. The topological polar surface area (TPSA) is 102 Å². The van der Waals surface area contributed by atoms with Gasteiger partial charge in [0.05, 0.1) is 25.9 Å². The van der Waals surface area contributed by atoms with E-state index in [0.717, 1.165) is 23.1 Å². The van der Waals surface area contributed by atoms with Crippen molar-refractivity contribution in [3.8, 4) is 5.75 Å². The highest BCUT2D eigenvalue weighted by molar-refractivity contribution is 5.96. The second-order valence-electron chi connectivity index (χ2n) is 8.01. The van der Waals surface area contributed by atoms with E-state index in [9.17, 15) is 18.0 Å². The van der Waals surface area contributed by atoms with E-state index in [1.807, 2.05) is 36.4 Å². The van der Waals surface area contributed by atoms with Crippen LogP contribution in [-0.4, -0.2) is 64.9 Å². The van der Waals surface area contributed by atoms with E-state index in [-0.39, 0.29) is 17.4 Å². The number of rotatable bonds is 4. The van der Waals surface area contributed by atoms with Crippen molar-refractivity contribution in [1.29, 1.82) is 0 Å². The molecule has 2 saturated heterocycles. The Bertz CT molecular complexity index is 1130. The zero-order chi connectivity index (χ0) is 24.3. The van der Waals surface area contributed by atoms with Gasteiger partial charge in [-0.25, -0.2) is 4.79 Å². The molecule has 1 amide bonds. The fraction of sp³-hybridized carbons (Fsp3) is 0.348. The van der Waals surface area contributed by atoms with Gasteiger partial charge in [0, 0.05) is 24.1 Å². The van der Waals surface area contributed by atoms with E-state index < -0.39 is 12.1 Å². The van der Waals surface area contributed by atoms with Gasteiger partial charge in [-0.15, -0.1) is 0 Å². The highest BCUT2D eigenvalue weighted by Gasteiger charge is 2.55. The molecule has 1 spiro atoms. The molecule has 3 aromatic rings. The zero-order valence-corrected chi connectivity index (χ0v) is 17.8. The molecule has 34 heavy (non-hydrogen) atoms. The number of alkyl halides is 3. The van der Waals surface area contributed by atoms with Gasteiger partial charge in [-0.05, 0) is 30.7 Å². The van der Waals surface area contributed by atoms with Gasteiger partial charge >= 0.3 is 12.1 Å². The van der Waals surface area contributed by atoms with Gasteiger partial charge in [-0.2, -0.15) is 13.2 Å². The van der Waals surface area contributed by atoms with E-state index >= 15 is 0 Å². The summed E-state index contributed by atoms with van der Waals surface area (Å²) >= 11 is 0. The maximum Gasteiger partial charge on any atom is 0.490 e. The number of furan rings is 1. The molecule has 1 N–H and O–H groups in total. The van der Waals surface area contributed by atoms with Crippen molar-refractivity contribution in [3.05, 3.63) is 60.6 Å². The van der Waals surface area contributed by atoms with E-state index in [2.05, 4.69) is 4.98 Å². The second-order valence-corrected chi connectivity index (χ2v) is 8.01.